The molecule has 3 heteroatoms. The van der Waals surface area contributed by atoms with E-state index in [0.29, 0.717) is 11.5 Å². The van der Waals surface area contributed by atoms with Crippen LogP contribution in [0.2, 0.25) is 0 Å². The van der Waals surface area contributed by atoms with E-state index >= 15 is 0 Å². The SMILES string of the molecule is CC(C)Cc1cccc(C(=O)N[C@H](C)CO)c1. The maximum Gasteiger partial charge on any atom is 0.251 e. The normalized spacial score (nSPS) is 12.5. The molecule has 1 aromatic carbocycles. The molecule has 1 atom stereocenters. The van der Waals surface area contributed by atoms with Gasteiger partial charge >= 0.3 is 0 Å². The van der Waals surface area contributed by atoms with Gasteiger partial charge < -0.3 is 10.4 Å². The van der Waals surface area contributed by atoms with Gasteiger partial charge in [0.25, 0.3) is 5.91 Å². The third-order valence-electron chi connectivity index (χ3n) is 2.48. The predicted octanol–water partition coefficient (Wildman–Crippen LogP) is 2.00. The Bertz CT molecular complexity index is 374. The van der Waals surface area contributed by atoms with E-state index < -0.39 is 0 Å². The zero-order valence-corrected chi connectivity index (χ0v) is 10.7. The van der Waals surface area contributed by atoms with Crippen molar-refractivity contribution >= 4 is 5.91 Å². The Morgan fingerprint density at radius 3 is 2.65 bits per heavy atom. The summed E-state index contributed by atoms with van der Waals surface area (Å²) in [7, 11) is 0. The van der Waals surface area contributed by atoms with Crippen molar-refractivity contribution in [2.24, 2.45) is 5.92 Å². The Balaban J connectivity index is 2.73. The number of carbonyl (C=O) groups excluding carboxylic acids is 1. The highest BCUT2D eigenvalue weighted by atomic mass is 16.3. The van der Waals surface area contributed by atoms with Crippen LogP contribution in [-0.4, -0.2) is 23.7 Å². The summed E-state index contributed by atoms with van der Waals surface area (Å²) in [5.41, 5.74) is 1.83. The van der Waals surface area contributed by atoms with Crippen molar-refractivity contribution in [2.75, 3.05) is 6.61 Å². The van der Waals surface area contributed by atoms with Crippen molar-refractivity contribution < 1.29 is 9.90 Å². The van der Waals surface area contributed by atoms with E-state index in [2.05, 4.69) is 19.2 Å². The molecule has 0 aromatic heterocycles. The number of hydrogen-bond donors (Lipinski definition) is 2. The number of aliphatic hydroxyl groups excluding tert-OH is 1. The lowest BCUT2D eigenvalue weighted by molar-refractivity contribution is 0.0922. The van der Waals surface area contributed by atoms with Crippen molar-refractivity contribution in [3.05, 3.63) is 35.4 Å². The number of nitrogens with one attached hydrogen (secondary N) is 1. The van der Waals surface area contributed by atoms with E-state index in [1.54, 1.807) is 13.0 Å². The minimum Gasteiger partial charge on any atom is -0.394 e. The minimum absolute atomic E-state index is 0.0442. The smallest absolute Gasteiger partial charge is 0.251 e. The van der Waals surface area contributed by atoms with Crippen molar-refractivity contribution in [2.45, 2.75) is 33.2 Å². The molecule has 0 radical (unpaired) electrons. The molecule has 0 saturated heterocycles. The summed E-state index contributed by atoms with van der Waals surface area (Å²) in [6, 6.07) is 7.43. The van der Waals surface area contributed by atoms with Gasteiger partial charge in [0.1, 0.15) is 0 Å². The maximum atomic E-state index is 11.8. The van der Waals surface area contributed by atoms with Crippen LogP contribution in [0.4, 0.5) is 0 Å². The number of benzene rings is 1. The van der Waals surface area contributed by atoms with Gasteiger partial charge in [0, 0.05) is 11.6 Å². The van der Waals surface area contributed by atoms with E-state index in [9.17, 15) is 4.79 Å². The summed E-state index contributed by atoms with van der Waals surface area (Å²) in [4.78, 5) is 11.8. The molecule has 1 aromatic rings. The zero-order chi connectivity index (χ0) is 12.8. The third kappa shape index (κ3) is 4.57. The quantitative estimate of drug-likeness (QED) is 0.820. The summed E-state index contributed by atoms with van der Waals surface area (Å²) in [6.45, 7) is 6.04. The second kappa shape index (κ2) is 6.40. The summed E-state index contributed by atoms with van der Waals surface area (Å²) >= 11 is 0. The van der Waals surface area contributed by atoms with Gasteiger partial charge in [0.15, 0.2) is 0 Å². The highest BCUT2D eigenvalue weighted by molar-refractivity contribution is 5.94. The number of aliphatic hydroxyl groups is 1. The maximum absolute atomic E-state index is 11.8. The monoisotopic (exact) mass is 235 g/mol. The highest BCUT2D eigenvalue weighted by Gasteiger charge is 2.09. The molecule has 0 fully saturated rings. The molecule has 0 heterocycles. The largest absolute Gasteiger partial charge is 0.394 e. The van der Waals surface area contributed by atoms with Crippen molar-refractivity contribution in [3.63, 3.8) is 0 Å². The molecule has 0 spiro atoms. The number of rotatable bonds is 5. The Kier molecular flexibility index (Phi) is 5.16. The van der Waals surface area contributed by atoms with Crippen LogP contribution in [0, 0.1) is 5.92 Å². The number of hydrogen-bond acceptors (Lipinski definition) is 2. The molecule has 0 aliphatic rings. The van der Waals surface area contributed by atoms with Gasteiger partial charge in [0.2, 0.25) is 0 Å². The molecule has 0 saturated carbocycles. The zero-order valence-electron chi connectivity index (χ0n) is 10.7. The van der Waals surface area contributed by atoms with Crippen molar-refractivity contribution in [1.29, 1.82) is 0 Å². The Labute approximate surface area is 103 Å². The van der Waals surface area contributed by atoms with E-state index in [0.717, 1.165) is 6.42 Å². The van der Waals surface area contributed by atoms with E-state index in [1.165, 1.54) is 5.56 Å². The Hall–Kier alpha value is -1.35. The van der Waals surface area contributed by atoms with E-state index in [-0.39, 0.29) is 18.6 Å². The molecule has 0 aliphatic heterocycles. The molecule has 2 N–H and O–H groups in total. The van der Waals surface area contributed by atoms with Crippen LogP contribution >= 0.6 is 0 Å². The second-order valence-corrected chi connectivity index (χ2v) is 4.86. The molecule has 0 bridgehead atoms. The highest BCUT2D eigenvalue weighted by Crippen LogP contribution is 2.10. The fourth-order valence-corrected chi connectivity index (χ4v) is 1.66. The van der Waals surface area contributed by atoms with E-state index in [4.69, 9.17) is 5.11 Å². The lowest BCUT2D eigenvalue weighted by Gasteiger charge is -2.12. The van der Waals surface area contributed by atoms with Crippen LogP contribution in [0.3, 0.4) is 0 Å². The van der Waals surface area contributed by atoms with Gasteiger partial charge in [-0.25, -0.2) is 0 Å². The predicted molar refractivity (Wildman–Crippen MR) is 69.0 cm³/mol. The van der Waals surface area contributed by atoms with Crippen molar-refractivity contribution in [3.8, 4) is 0 Å². The lowest BCUT2D eigenvalue weighted by atomic mass is 10.0. The molecular formula is C14H21NO2. The molecular weight excluding hydrogens is 214 g/mol. The average Bonchev–Trinajstić information content (AvgIpc) is 2.28. The molecule has 17 heavy (non-hydrogen) atoms. The van der Waals surface area contributed by atoms with Crippen LogP contribution in [0.15, 0.2) is 24.3 Å². The molecule has 1 rings (SSSR count). The van der Waals surface area contributed by atoms with Crippen molar-refractivity contribution in [1.82, 2.24) is 5.32 Å². The lowest BCUT2D eigenvalue weighted by Crippen LogP contribution is -2.35. The fraction of sp³-hybridized carbons (Fsp3) is 0.500. The van der Waals surface area contributed by atoms with Gasteiger partial charge in [0.05, 0.1) is 6.61 Å². The van der Waals surface area contributed by atoms with Gasteiger partial charge in [-0.05, 0) is 37.0 Å². The fourth-order valence-electron chi connectivity index (χ4n) is 1.66. The average molecular weight is 235 g/mol. The summed E-state index contributed by atoms with van der Waals surface area (Å²) < 4.78 is 0. The summed E-state index contributed by atoms with van der Waals surface area (Å²) in [6.07, 6.45) is 0.969. The summed E-state index contributed by atoms with van der Waals surface area (Å²) in [5, 5.41) is 11.6. The number of carbonyl (C=O) groups is 1. The van der Waals surface area contributed by atoms with Gasteiger partial charge in [-0.1, -0.05) is 26.0 Å². The van der Waals surface area contributed by atoms with Crippen LogP contribution in [-0.2, 0) is 6.42 Å². The molecule has 1 amide bonds. The third-order valence-corrected chi connectivity index (χ3v) is 2.48. The topological polar surface area (TPSA) is 49.3 Å². The molecule has 0 unspecified atom stereocenters. The van der Waals surface area contributed by atoms with Gasteiger partial charge in [-0.3, -0.25) is 4.79 Å². The minimum atomic E-state index is -0.212. The molecule has 0 aliphatic carbocycles. The van der Waals surface area contributed by atoms with Crippen LogP contribution in [0.5, 0.6) is 0 Å². The first-order valence-corrected chi connectivity index (χ1v) is 6.03. The van der Waals surface area contributed by atoms with Crippen LogP contribution in [0.25, 0.3) is 0 Å². The first-order chi connectivity index (χ1) is 8.02. The standard InChI is InChI=1S/C14H21NO2/c1-10(2)7-12-5-4-6-13(8-12)14(17)15-11(3)9-16/h4-6,8,10-11,16H,7,9H2,1-3H3,(H,15,17)/t11-/m1/s1. The molecule has 3 nitrogen and oxygen atoms in total. The van der Waals surface area contributed by atoms with Gasteiger partial charge in [-0.15, -0.1) is 0 Å². The first kappa shape index (κ1) is 13.7. The second-order valence-electron chi connectivity index (χ2n) is 4.86. The first-order valence-electron chi connectivity index (χ1n) is 6.03. The summed E-state index contributed by atoms with van der Waals surface area (Å²) in [5.74, 6) is 0.446. The Morgan fingerprint density at radius 1 is 1.35 bits per heavy atom. The number of amides is 1. The van der Waals surface area contributed by atoms with Crippen LogP contribution in [0.1, 0.15) is 36.7 Å². The Morgan fingerprint density at radius 2 is 2.06 bits per heavy atom. The van der Waals surface area contributed by atoms with Crippen LogP contribution < -0.4 is 5.32 Å². The van der Waals surface area contributed by atoms with Gasteiger partial charge in [-0.2, -0.15) is 0 Å². The van der Waals surface area contributed by atoms with E-state index in [1.807, 2.05) is 18.2 Å². The molecule has 94 valence electrons.